The van der Waals surface area contributed by atoms with Crippen molar-refractivity contribution in [2.45, 2.75) is 166 Å². The fraction of sp³-hybridized carbons (Fsp3) is 0.854. The minimum atomic E-state index is -0.551. The van der Waals surface area contributed by atoms with Crippen molar-refractivity contribution >= 4 is 35.2 Å². The minimum absolute atomic E-state index is 0.0160. The van der Waals surface area contributed by atoms with E-state index in [9.17, 15) is 28.8 Å². The Hall–Kier alpha value is -2.98. The van der Waals surface area contributed by atoms with Gasteiger partial charge in [0, 0.05) is 68.7 Å². The van der Waals surface area contributed by atoms with Crippen LogP contribution in [0.4, 0.5) is 0 Å². The van der Waals surface area contributed by atoms with Crippen molar-refractivity contribution < 1.29 is 28.8 Å². The monoisotopic (exact) mass is 796 g/mol. The molecule has 0 aromatic rings. The Labute approximate surface area is 338 Å². The predicted molar refractivity (Wildman–Crippen MR) is 225 cm³/mol. The molecule has 326 valence electrons. The lowest BCUT2D eigenvalue weighted by Crippen LogP contribution is -2.44. The molecule has 0 saturated heterocycles. The first kappa shape index (κ1) is 53.0. The molecule has 0 aliphatic carbocycles. The number of rotatable bonds is 38. The van der Waals surface area contributed by atoms with Gasteiger partial charge in [0.25, 0.3) is 0 Å². The number of nitrogens with one attached hydrogen (secondary N) is 9. The average Bonchev–Trinajstić information content (AvgIpc) is 3.13. The molecule has 0 bridgehead atoms. The van der Waals surface area contributed by atoms with Gasteiger partial charge in [0.05, 0.1) is 0 Å². The SMILES string of the molecule is CNCCCCC(CC(=O)NC(CCCCNC)CC(=O)NC(CCC(=O)NC(CCCCNC)CC(=O)NC(CCCCNC)CC(C)=O)CC(C)=O)NC. The van der Waals surface area contributed by atoms with E-state index in [2.05, 4.69) is 47.9 Å². The summed E-state index contributed by atoms with van der Waals surface area (Å²) < 4.78 is 0. The van der Waals surface area contributed by atoms with Gasteiger partial charge in [-0.2, -0.15) is 0 Å². The lowest BCUT2D eigenvalue weighted by Gasteiger charge is -2.24. The summed E-state index contributed by atoms with van der Waals surface area (Å²) in [6.45, 7) is 6.44. The molecule has 15 nitrogen and oxygen atoms in total. The Kier molecular flexibility index (Phi) is 33.3. The molecular weight excluding hydrogens is 715 g/mol. The van der Waals surface area contributed by atoms with E-state index in [4.69, 9.17) is 0 Å². The number of ketones is 2. The molecule has 0 saturated carbocycles. The van der Waals surface area contributed by atoms with E-state index in [0.717, 1.165) is 84.0 Å². The lowest BCUT2D eigenvalue weighted by molar-refractivity contribution is -0.127. The van der Waals surface area contributed by atoms with Crippen LogP contribution in [-0.4, -0.2) is 127 Å². The molecule has 0 aromatic heterocycles. The van der Waals surface area contributed by atoms with Gasteiger partial charge in [0.2, 0.25) is 23.6 Å². The normalized spacial score (nSPS) is 13.9. The maximum Gasteiger partial charge on any atom is 0.222 e. The zero-order valence-corrected chi connectivity index (χ0v) is 36.1. The first-order valence-corrected chi connectivity index (χ1v) is 21.3. The Morgan fingerprint density at radius 2 is 0.643 bits per heavy atom. The summed E-state index contributed by atoms with van der Waals surface area (Å²) in [6.07, 6.45) is 11.3. The van der Waals surface area contributed by atoms with Crippen molar-refractivity contribution in [1.29, 1.82) is 0 Å². The average molecular weight is 796 g/mol. The molecular formula is C41H81N9O6. The molecule has 0 aliphatic rings. The largest absolute Gasteiger partial charge is 0.353 e. The maximum atomic E-state index is 13.4. The van der Waals surface area contributed by atoms with Gasteiger partial charge in [-0.25, -0.2) is 0 Å². The second kappa shape index (κ2) is 35.2. The summed E-state index contributed by atoms with van der Waals surface area (Å²) >= 11 is 0. The summed E-state index contributed by atoms with van der Waals surface area (Å²) in [5, 5.41) is 27.9. The highest BCUT2D eigenvalue weighted by atomic mass is 16.2. The quantitative estimate of drug-likeness (QED) is 0.0413. The molecule has 56 heavy (non-hydrogen) atoms. The maximum absolute atomic E-state index is 13.4. The number of amides is 4. The van der Waals surface area contributed by atoms with Crippen LogP contribution < -0.4 is 47.9 Å². The summed E-state index contributed by atoms with van der Waals surface area (Å²) in [5.41, 5.74) is 0. The first-order chi connectivity index (χ1) is 26.9. The second-order valence-electron chi connectivity index (χ2n) is 15.4. The zero-order valence-electron chi connectivity index (χ0n) is 36.1. The van der Waals surface area contributed by atoms with Crippen LogP contribution in [0, 0.1) is 0 Å². The number of hydrogen-bond donors (Lipinski definition) is 9. The van der Waals surface area contributed by atoms with Crippen molar-refractivity contribution in [3.8, 4) is 0 Å². The third-order valence-corrected chi connectivity index (χ3v) is 9.87. The predicted octanol–water partition coefficient (Wildman–Crippen LogP) is 1.98. The van der Waals surface area contributed by atoms with Gasteiger partial charge in [0.15, 0.2) is 0 Å². The Balaban J connectivity index is 5.49. The van der Waals surface area contributed by atoms with Crippen molar-refractivity contribution in [2.24, 2.45) is 0 Å². The van der Waals surface area contributed by atoms with E-state index in [0.29, 0.717) is 25.7 Å². The van der Waals surface area contributed by atoms with Gasteiger partial charge < -0.3 is 47.9 Å². The number of unbranched alkanes of at least 4 members (excludes halogenated alkanes) is 4. The molecule has 5 unspecified atom stereocenters. The van der Waals surface area contributed by atoms with Crippen molar-refractivity contribution in [3.05, 3.63) is 0 Å². The van der Waals surface area contributed by atoms with Gasteiger partial charge in [-0.3, -0.25) is 28.8 Å². The van der Waals surface area contributed by atoms with Crippen LogP contribution in [0.3, 0.4) is 0 Å². The standard InChI is InChI=1S/C41H81N9O6/c1-31(51)26-34(17-9-13-23-43-4)48-40(55)29-35(18-10-14-24-44-5)47-38(53)21-20-37(27-32(2)52)50-41(56)30-36(19-11-15-25-45-6)49-39(54)28-33(46-7)16-8-12-22-42-3/h33-37,42-46H,8-30H2,1-7H3,(H,47,53)(H,48,55)(H,49,54)(H,50,56). The fourth-order valence-corrected chi connectivity index (χ4v) is 6.85. The van der Waals surface area contributed by atoms with Gasteiger partial charge in [-0.05, 0) is 133 Å². The van der Waals surface area contributed by atoms with E-state index in [-0.39, 0.29) is 91.8 Å². The second-order valence-corrected chi connectivity index (χ2v) is 15.4. The van der Waals surface area contributed by atoms with E-state index < -0.39 is 12.1 Å². The molecule has 0 aliphatic heterocycles. The topological polar surface area (TPSA) is 211 Å². The molecule has 4 amide bonds. The fourth-order valence-electron chi connectivity index (χ4n) is 6.85. The zero-order chi connectivity index (χ0) is 42.0. The molecule has 0 radical (unpaired) electrons. The van der Waals surface area contributed by atoms with E-state index in [1.54, 1.807) is 0 Å². The smallest absolute Gasteiger partial charge is 0.222 e. The molecule has 0 heterocycles. The molecule has 15 heteroatoms. The van der Waals surface area contributed by atoms with Crippen LogP contribution >= 0.6 is 0 Å². The number of hydrogen-bond acceptors (Lipinski definition) is 11. The van der Waals surface area contributed by atoms with Crippen LogP contribution in [0.15, 0.2) is 0 Å². The summed E-state index contributed by atoms with van der Waals surface area (Å²) in [7, 11) is 9.45. The third-order valence-electron chi connectivity index (χ3n) is 9.87. The van der Waals surface area contributed by atoms with Crippen LogP contribution in [-0.2, 0) is 28.8 Å². The molecule has 5 atom stereocenters. The first-order valence-electron chi connectivity index (χ1n) is 21.3. The van der Waals surface area contributed by atoms with Crippen molar-refractivity contribution in [3.63, 3.8) is 0 Å². The minimum Gasteiger partial charge on any atom is -0.353 e. The van der Waals surface area contributed by atoms with Gasteiger partial charge in [-0.15, -0.1) is 0 Å². The number of Topliss-reactive ketones (excluding diaryl/α,β-unsaturated/α-hetero) is 2. The molecule has 0 aromatic carbocycles. The van der Waals surface area contributed by atoms with Crippen LogP contribution in [0.25, 0.3) is 0 Å². The lowest BCUT2D eigenvalue weighted by atomic mass is 10.0. The molecule has 0 rings (SSSR count). The van der Waals surface area contributed by atoms with Crippen molar-refractivity contribution in [1.82, 2.24) is 47.9 Å². The van der Waals surface area contributed by atoms with Crippen LogP contribution in [0.2, 0.25) is 0 Å². The summed E-state index contributed by atoms with van der Waals surface area (Å²) in [6, 6.07) is -1.52. The molecule has 0 fully saturated rings. The summed E-state index contributed by atoms with van der Waals surface area (Å²) in [5.74, 6) is -0.935. The van der Waals surface area contributed by atoms with Gasteiger partial charge >= 0.3 is 0 Å². The van der Waals surface area contributed by atoms with E-state index in [1.807, 2.05) is 35.2 Å². The highest BCUT2D eigenvalue weighted by Gasteiger charge is 2.24. The van der Waals surface area contributed by atoms with Crippen LogP contribution in [0.5, 0.6) is 0 Å². The highest BCUT2D eigenvalue weighted by Crippen LogP contribution is 2.13. The number of carbonyl (C=O) groups excluding carboxylic acids is 6. The van der Waals surface area contributed by atoms with Gasteiger partial charge in [-0.1, -0.05) is 25.7 Å². The van der Waals surface area contributed by atoms with E-state index >= 15 is 0 Å². The van der Waals surface area contributed by atoms with Gasteiger partial charge in [0.1, 0.15) is 11.6 Å². The third kappa shape index (κ3) is 31.1. The Morgan fingerprint density at radius 1 is 0.357 bits per heavy atom. The Bertz CT molecular complexity index is 1100. The molecule has 9 N–H and O–H groups in total. The Morgan fingerprint density at radius 3 is 0.964 bits per heavy atom. The van der Waals surface area contributed by atoms with Crippen LogP contribution in [0.1, 0.15) is 136 Å². The summed E-state index contributed by atoms with van der Waals surface area (Å²) in [4.78, 5) is 77.1. The van der Waals surface area contributed by atoms with E-state index in [1.165, 1.54) is 13.8 Å². The molecule has 0 spiro atoms. The number of carbonyl (C=O) groups is 6. The highest BCUT2D eigenvalue weighted by molar-refractivity contribution is 5.83. The van der Waals surface area contributed by atoms with Crippen molar-refractivity contribution in [2.75, 3.05) is 61.4 Å².